The monoisotopic (exact) mass is 393 g/mol. The fourth-order valence-corrected chi connectivity index (χ4v) is 3.88. The van der Waals surface area contributed by atoms with Crippen LogP contribution < -0.4 is 10.6 Å². The van der Waals surface area contributed by atoms with Gasteiger partial charge in [0, 0.05) is 23.5 Å². The zero-order valence-corrected chi connectivity index (χ0v) is 17.1. The fourth-order valence-electron chi connectivity index (χ4n) is 3.65. The van der Waals surface area contributed by atoms with Crippen molar-refractivity contribution in [2.24, 2.45) is 0 Å². The molecule has 0 fully saturated rings. The molecule has 4 rings (SSSR count). The topological polar surface area (TPSA) is 54.8 Å². The van der Waals surface area contributed by atoms with Gasteiger partial charge in [-0.05, 0) is 50.2 Å². The van der Waals surface area contributed by atoms with Crippen LogP contribution in [0.25, 0.3) is 27.6 Å². The molecule has 6 heteroatoms. The maximum atomic E-state index is 6.20. The highest BCUT2D eigenvalue weighted by Gasteiger charge is 2.19. The number of nitrogens with zero attached hydrogens (tertiary/aromatic N) is 3. The number of hydrogen-bond donors (Lipinski definition) is 2. The van der Waals surface area contributed by atoms with Crippen molar-refractivity contribution in [3.63, 3.8) is 0 Å². The number of anilines is 1. The third-order valence-electron chi connectivity index (χ3n) is 4.87. The number of hydrogen-bond acceptors (Lipinski definition) is 4. The molecule has 0 radical (unpaired) electrons. The van der Waals surface area contributed by atoms with E-state index >= 15 is 0 Å². The van der Waals surface area contributed by atoms with Gasteiger partial charge in [-0.3, -0.25) is 4.57 Å². The number of para-hydroxylation sites is 1. The van der Waals surface area contributed by atoms with E-state index in [1.54, 1.807) is 0 Å². The van der Waals surface area contributed by atoms with Crippen molar-refractivity contribution in [3.8, 4) is 5.69 Å². The predicted octanol–water partition coefficient (Wildman–Crippen LogP) is 4.87. The Morgan fingerprint density at radius 3 is 2.64 bits per heavy atom. The van der Waals surface area contributed by atoms with Crippen molar-refractivity contribution in [2.45, 2.75) is 20.8 Å². The van der Waals surface area contributed by atoms with Crippen molar-refractivity contribution in [1.29, 1.82) is 0 Å². The van der Waals surface area contributed by atoms with E-state index in [2.05, 4.69) is 59.4 Å². The van der Waals surface area contributed by atoms with Crippen molar-refractivity contribution in [1.82, 2.24) is 19.9 Å². The molecular weight excluding hydrogens is 370 g/mol. The van der Waals surface area contributed by atoms with Gasteiger partial charge in [0.2, 0.25) is 0 Å². The van der Waals surface area contributed by atoms with Gasteiger partial charge in [-0.1, -0.05) is 36.7 Å². The summed E-state index contributed by atoms with van der Waals surface area (Å²) in [5.74, 6) is 1.62. The molecule has 144 valence electrons. The van der Waals surface area contributed by atoms with Crippen LogP contribution in [0.4, 0.5) is 5.82 Å². The molecule has 0 amide bonds. The van der Waals surface area contributed by atoms with Gasteiger partial charge < -0.3 is 10.6 Å². The number of aromatic nitrogens is 3. The van der Waals surface area contributed by atoms with Crippen LogP contribution in [-0.4, -0.2) is 34.2 Å². The van der Waals surface area contributed by atoms with E-state index in [4.69, 9.17) is 21.6 Å². The van der Waals surface area contributed by atoms with Gasteiger partial charge in [0.25, 0.3) is 0 Å². The predicted molar refractivity (Wildman–Crippen MR) is 118 cm³/mol. The lowest BCUT2D eigenvalue weighted by atomic mass is 10.2. The lowest BCUT2D eigenvalue weighted by molar-refractivity contribution is 0.738. The summed E-state index contributed by atoms with van der Waals surface area (Å²) >= 11 is 6.20. The minimum absolute atomic E-state index is 0.735. The third-order valence-corrected chi connectivity index (χ3v) is 5.11. The maximum absolute atomic E-state index is 6.20. The Morgan fingerprint density at radius 2 is 1.86 bits per heavy atom. The highest BCUT2D eigenvalue weighted by Crippen LogP contribution is 2.35. The minimum atomic E-state index is 0.735. The van der Waals surface area contributed by atoms with Crippen molar-refractivity contribution in [2.75, 3.05) is 25.0 Å². The van der Waals surface area contributed by atoms with E-state index in [-0.39, 0.29) is 0 Å². The summed E-state index contributed by atoms with van der Waals surface area (Å²) < 4.78 is 2.21. The lowest BCUT2D eigenvalue weighted by Crippen LogP contribution is -2.22. The number of rotatable bonds is 6. The summed E-state index contributed by atoms with van der Waals surface area (Å²) in [6.45, 7) is 8.76. The number of fused-ring (bicyclic) bond motifs is 3. The smallest absolute Gasteiger partial charge is 0.151 e. The maximum Gasteiger partial charge on any atom is 0.151 e. The summed E-state index contributed by atoms with van der Waals surface area (Å²) in [5.41, 5.74) is 4.20. The average Bonchev–Trinajstić information content (AvgIpc) is 2.99. The molecule has 2 N–H and O–H groups in total. The molecule has 28 heavy (non-hydrogen) atoms. The average molecular weight is 394 g/mol. The van der Waals surface area contributed by atoms with Crippen LogP contribution in [0, 0.1) is 13.8 Å². The van der Waals surface area contributed by atoms with Crippen LogP contribution in [0.15, 0.2) is 42.5 Å². The molecule has 0 spiro atoms. The number of halogens is 1. The van der Waals surface area contributed by atoms with Crippen LogP contribution in [0.1, 0.15) is 18.3 Å². The molecule has 2 aromatic carbocycles. The van der Waals surface area contributed by atoms with E-state index in [1.165, 1.54) is 0 Å². The van der Waals surface area contributed by atoms with Crippen LogP contribution in [0.3, 0.4) is 0 Å². The Hall–Kier alpha value is -2.63. The normalized spacial score (nSPS) is 11.4. The van der Waals surface area contributed by atoms with E-state index in [1.807, 2.05) is 19.1 Å². The summed E-state index contributed by atoms with van der Waals surface area (Å²) in [6.07, 6.45) is 0. The largest absolute Gasteiger partial charge is 0.368 e. The summed E-state index contributed by atoms with van der Waals surface area (Å²) in [6, 6.07) is 14.3. The number of aryl methyl sites for hydroxylation is 2. The van der Waals surface area contributed by atoms with Gasteiger partial charge in [-0.15, -0.1) is 0 Å². The SMILES string of the molecule is CCNCCNc1nc(C)nc2c1c1ccccc1n2-c1ccc(Cl)cc1C. The second kappa shape index (κ2) is 7.78. The molecule has 0 saturated carbocycles. The molecule has 0 aliphatic rings. The van der Waals surface area contributed by atoms with Crippen LogP contribution >= 0.6 is 11.6 Å². The molecule has 2 aromatic heterocycles. The molecule has 0 atom stereocenters. The van der Waals surface area contributed by atoms with Crippen LogP contribution in [0.2, 0.25) is 5.02 Å². The van der Waals surface area contributed by atoms with Gasteiger partial charge in [-0.25, -0.2) is 9.97 Å². The quantitative estimate of drug-likeness (QED) is 0.459. The Balaban J connectivity index is 1.98. The fraction of sp³-hybridized carbons (Fsp3) is 0.273. The van der Waals surface area contributed by atoms with Gasteiger partial charge >= 0.3 is 0 Å². The first-order valence-corrected chi connectivity index (χ1v) is 9.97. The van der Waals surface area contributed by atoms with E-state index < -0.39 is 0 Å². The summed E-state index contributed by atoms with van der Waals surface area (Å²) in [4.78, 5) is 9.53. The van der Waals surface area contributed by atoms with Gasteiger partial charge in [-0.2, -0.15) is 0 Å². The Kier molecular flexibility index (Phi) is 5.20. The minimum Gasteiger partial charge on any atom is -0.368 e. The standard InChI is InChI=1S/C22H24ClN5/c1-4-24-11-12-25-21-20-17-7-5-6-8-19(17)28(22(20)27-15(3)26-21)18-10-9-16(23)13-14(18)2/h5-10,13,24H,4,11-12H2,1-3H3,(H,25,26,27). The molecule has 2 heterocycles. The van der Waals surface area contributed by atoms with Gasteiger partial charge in [0.15, 0.2) is 5.65 Å². The second-order valence-electron chi connectivity index (χ2n) is 6.88. The van der Waals surface area contributed by atoms with Crippen molar-refractivity contribution in [3.05, 3.63) is 58.9 Å². The van der Waals surface area contributed by atoms with E-state index in [0.717, 1.165) is 69.5 Å². The summed E-state index contributed by atoms with van der Waals surface area (Å²) in [7, 11) is 0. The Labute approximate surface area is 169 Å². The van der Waals surface area contributed by atoms with Crippen molar-refractivity contribution < 1.29 is 0 Å². The second-order valence-corrected chi connectivity index (χ2v) is 7.32. The molecule has 0 bridgehead atoms. The molecule has 0 aliphatic carbocycles. The first-order chi connectivity index (χ1) is 13.6. The van der Waals surface area contributed by atoms with Crippen LogP contribution in [0.5, 0.6) is 0 Å². The summed E-state index contributed by atoms with van der Waals surface area (Å²) in [5, 5.41) is 9.75. The molecule has 5 nitrogen and oxygen atoms in total. The Bertz CT molecular complexity index is 1150. The zero-order chi connectivity index (χ0) is 19.7. The third kappa shape index (κ3) is 3.32. The zero-order valence-electron chi connectivity index (χ0n) is 16.4. The number of nitrogens with one attached hydrogen (secondary N) is 2. The lowest BCUT2D eigenvalue weighted by Gasteiger charge is -2.12. The van der Waals surface area contributed by atoms with E-state index in [0.29, 0.717) is 0 Å². The Morgan fingerprint density at radius 1 is 1.04 bits per heavy atom. The number of benzene rings is 2. The number of likely N-dealkylation sites (N-methyl/N-ethyl adjacent to an activating group) is 1. The first-order valence-electron chi connectivity index (χ1n) is 9.59. The molecule has 4 aromatic rings. The molecule has 0 aliphatic heterocycles. The molecule has 0 unspecified atom stereocenters. The molecular formula is C22H24ClN5. The highest BCUT2D eigenvalue weighted by atomic mass is 35.5. The van der Waals surface area contributed by atoms with Gasteiger partial charge in [0.1, 0.15) is 11.6 Å². The first kappa shape index (κ1) is 18.7. The van der Waals surface area contributed by atoms with Crippen molar-refractivity contribution >= 4 is 39.4 Å². The highest BCUT2D eigenvalue weighted by molar-refractivity contribution is 6.30. The van der Waals surface area contributed by atoms with Crippen LogP contribution in [-0.2, 0) is 0 Å². The van der Waals surface area contributed by atoms with Gasteiger partial charge in [0.05, 0.1) is 16.6 Å². The van der Waals surface area contributed by atoms with E-state index in [9.17, 15) is 0 Å². The molecule has 0 saturated heterocycles.